The summed E-state index contributed by atoms with van der Waals surface area (Å²) in [6.07, 6.45) is 6.89. The van der Waals surface area contributed by atoms with Crippen LogP contribution in [-0.4, -0.2) is 34.6 Å². The molecule has 1 saturated carbocycles. The monoisotopic (exact) mass is 357 g/mol. The number of aromatic nitrogens is 3. The van der Waals surface area contributed by atoms with Gasteiger partial charge in [0, 0.05) is 25.5 Å². The van der Waals surface area contributed by atoms with E-state index in [0.717, 1.165) is 31.6 Å². The van der Waals surface area contributed by atoms with Crippen LogP contribution in [0.1, 0.15) is 39.2 Å². The van der Waals surface area contributed by atoms with Crippen molar-refractivity contribution in [1.29, 1.82) is 0 Å². The first-order chi connectivity index (χ1) is 12.5. The minimum atomic E-state index is 0.152. The van der Waals surface area contributed by atoms with E-state index in [0.29, 0.717) is 18.4 Å². The fourth-order valence-electron chi connectivity index (χ4n) is 4.25. The molecule has 3 atom stereocenters. The van der Waals surface area contributed by atoms with Crippen LogP contribution >= 0.6 is 0 Å². The Morgan fingerprint density at radius 1 is 1.23 bits per heavy atom. The normalized spacial score (nSPS) is 25.2. The number of rotatable bonds is 7. The summed E-state index contributed by atoms with van der Waals surface area (Å²) in [5, 5.41) is 4.31. The lowest BCUT2D eigenvalue weighted by molar-refractivity contribution is -0.0977. The van der Waals surface area contributed by atoms with Crippen molar-refractivity contribution in [2.24, 2.45) is 17.3 Å². The lowest BCUT2D eigenvalue weighted by atomic mass is 9.65. The van der Waals surface area contributed by atoms with E-state index >= 15 is 0 Å². The number of hydrogen-bond donors (Lipinski definition) is 0. The summed E-state index contributed by atoms with van der Waals surface area (Å²) >= 11 is 0. The number of aryl methyl sites for hydroxylation is 1. The predicted octanol–water partition coefficient (Wildman–Crippen LogP) is 3.99. The van der Waals surface area contributed by atoms with Crippen LogP contribution in [0.2, 0.25) is 0 Å². The number of hydrogen-bond acceptors (Lipinski definition) is 4. The van der Waals surface area contributed by atoms with Crippen LogP contribution < -0.4 is 4.74 Å². The van der Waals surface area contributed by atoms with Crippen molar-refractivity contribution >= 4 is 0 Å². The van der Waals surface area contributed by atoms with Crippen LogP contribution in [0.15, 0.2) is 36.9 Å². The zero-order chi connectivity index (χ0) is 18.6. The topological polar surface area (TPSA) is 49.2 Å². The third kappa shape index (κ3) is 4.26. The standard InChI is InChI=1S/C21H31N3O2/c1-5-16-6-8-18(9-7-16)26-13-17-10-11-21(2,3)20(25-4)19(17)12-24-15-22-14-23-24/h6-9,14-15,17,19-20H,5,10-13H2,1-4H3/t17-,19-,20+/m0/s1. The molecule has 0 N–H and O–H groups in total. The molecular formula is C21H31N3O2. The summed E-state index contributed by atoms with van der Waals surface area (Å²) in [6.45, 7) is 8.29. The fraction of sp³-hybridized carbons (Fsp3) is 0.619. The van der Waals surface area contributed by atoms with Gasteiger partial charge in [0.05, 0.1) is 12.7 Å². The van der Waals surface area contributed by atoms with Gasteiger partial charge in [-0.05, 0) is 42.4 Å². The first-order valence-corrected chi connectivity index (χ1v) is 9.60. The largest absolute Gasteiger partial charge is 0.493 e. The Kier molecular flexibility index (Phi) is 5.97. The number of benzene rings is 1. The maximum Gasteiger partial charge on any atom is 0.137 e. The van der Waals surface area contributed by atoms with Gasteiger partial charge >= 0.3 is 0 Å². The zero-order valence-electron chi connectivity index (χ0n) is 16.4. The van der Waals surface area contributed by atoms with Crippen molar-refractivity contribution in [3.8, 4) is 5.75 Å². The first-order valence-electron chi connectivity index (χ1n) is 9.60. The lowest BCUT2D eigenvalue weighted by Gasteiger charge is -2.47. The molecule has 0 saturated heterocycles. The molecule has 0 aliphatic heterocycles. The van der Waals surface area contributed by atoms with Gasteiger partial charge in [0.1, 0.15) is 18.4 Å². The Bertz CT molecular complexity index is 667. The third-order valence-corrected chi connectivity index (χ3v) is 5.84. The molecule has 2 aromatic rings. The van der Waals surface area contributed by atoms with Crippen molar-refractivity contribution < 1.29 is 9.47 Å². The van der Waals surface area contributed by atoms with Gasteiger partial charge in [-0.25, -0.2) is 4.98 Å². The molecule has 1 aliphatic carbocycles. The molecule has 1 heterocycles. The molecule has 1 aromatic heterocycles. The van der Waals surface area contributed by atoms with Crippen LogP contribution in [0.25, 0.3) is 0 Å². The van der Waals surface area contributed by atoms with Crippen molar-refractivity contribution in [1.82, 2.24) is 14.8 Å². The van der Waals surface area contributed by atoms with Crippen LogP contribution in [0.4, 0.5) is 0 Å². The highest BCUT2D eigenvalue weighted by Crippen LogP contribution is 2.44. The predicted molar refractivity (Wildman–Crippen MR) is 102 cm³/mol. The van der Waals surface area contributed by atoms with Crippen molar-refractivity contribution in [3.05, 3.63) is 42.5 Å². The molecule has 1 aromatic carbocycles. The molecule has 0 spiro atoms. The zero-order valence-corrected chi connectivity index (χ0v) is 16.4. The van der Waals surface area contributed by atoms with E-state index in [1.54, 1.807) is 12.7 Å². The average Bonchev–Trinajstić information content (AvgIpc) is 3.14. The van der Waals surface area contributed by atoms with Crippen LogP contribution in [0.3, 0.4) is 0 Å². The van der Waals surface area contributed by atoms with Gasteiger partial charge in [0.25, 0.3) is 0 Å². The third-order valence-electron chi connectivity index (χ3n) is 5.84. The fourth-order valence-corrected chi connectivity index (χ4v) is 4.25. The van der Waals surface area contributed by atoms with Crippen molar-refractivity contribution in [3.63, 3.8) is 0 Å². The maximum absolute atomic E-state index is 6.15. The van der Waals surface area contributed by atoms with E-state index in [4.69, 9.17) is 9.47 Å². The maximum atomic E-state index is 6.15. The Morgan fingerprint density at radius 2 is 2.00 bits per heavy atom. The molecule has 0 amide bonds. The summed E-state index contributed by atoms with van der Waals surface area (Å²) in [7, 11) is 1.83. The van der Waals surface area contributed by atoms with E-state index in [9.17, 15) is 0 Å². The van der Waals surface area contributed by atoms with Crippen LogP contribution in [0, 0.1) is 17.3 Å². The van der Waals surface area contributed by atoms with E-state index in [1.165, 1.54) is 5.56 Å². The Morgan fingerprint density at radius 3 is 2.62 bits per heavy atom. The van der Waals surface area contributed by atoms with E-state index < -0.39 is 0 Å². The van der Waals surface area contributed by atoms with Gasteiger partial charge in [-0.3, -0.25) is 4.68 Å². The smallest absolute Gasteiger partial charge is 0.137 e. The minimum Gasteiger partial charge on any atom is -0.493 e. The minimum absolute atomic E-state index is 0.152. The molecule has 0 unspecified atom stereocenters. The van der Waals surface area contributed by atoms with Crippen molar-refractivity contribution in [2.45, 2.75) is 52.7 Å². The number of nitrogens with zero attached hydrogens (tertiary/aromatic N) is 3. The second kappa shape index (κ2) is 8.21. The van der Waals surface area contributed by atoms with Gasteiger partial charge in [0.15, 0.2) is 0 Å². The summed E-state index contributed by atoms with van der Waals surface area (Å²) in [5.74, 6) is 1.73. The highest BCUT2D eigenvalue weighted by Gasteiger charge is 2.44. The highest BCUT2D eigenvalue weighted by atomic mass is 16.5. The second-order valence-corrected chi connectivity index (χ2v) is 8.03. The van der Waals surface area contributed by atoms with Gasteiger partial charge in [-0.15, -0.1) is 0 Å². The molecule has 1 aliphatic rings. The van der Waals surface area contributed by atoms with E-state index in [1.807, 2.05) is 11.8 Å². The summed E-state index contributed by atoms with van der Waals surface area (Å²) in [4.78, 5) is 4.09. The second-order valence-electron chi connectivity index (χ2n) is 8.03. The molecule has 0 radical (unpaired) electrons. The van der Waals surface area contributed by atoms with E-state index in [-0.39, 0.29) is 11.5 Å². The molecule has 5 nitrogen and oxygen atoms in total. The number of ether oxygens (including phenoxy) is 2. The number of methoxy groups -OCH3 is 1. The molecule has 3 rings (SSSR count). The quantitative estimate of drug-likeness (QED) is 0.752. The molecule has 142 valence electrons. The Balaban J connectivity index is 1.71. The Labute approximate surface area is 156 Å². The molecule has 1 fully saturated rings. The summed E-state index contributed by atoms with van der Waals surface area (Å²) < 4.78 is 14.0. The Hall–Kier alpha value is -1.88. The van der Waals surface area contributed by atoms with Gasteiger partial charge in [0.2, 0.25) is 0 Å². The summed E-state index contributed by atoms with van der Waals surface area (Å²) in [6, 6.07) is 8.44. The van der Waals surface area contributed by atoms with Gasteiger partial charge < -0.3 is 9.47 Å². The van der Waals surface area contributed by atoms with Crippen LogP contribution in [-0.2, 0) is 17.7 Å². The highest BCUT2D eigenvalue weighted by molar-refractivity contribution is 5.27. The van der Waals surface area contributed by atoms with Crippen LogP contribution in [0.5, 0.6) is 5.75 Å². The molecular weight excluding hydrogens is 326 g/mol. The van der Waals surface area contributed by atoms with E-state index in [2.05, 4.69) is 55.1 Å². The molecule has 0 bridgehead atoms. The van der Waals surface area contributed by atoms with Gasteiger partial charge in [-0.2, -0.15) is 5.10 Å². The first kappa shape index (κ1) is 18.9. The molecule has 5 heteroatoms. The average molecular weight is 357 g/mol. The SMILES string of the molecule is CCc1ccc(OC[C@@H]2CCC(C)(C)[C@H](OC)[C@H]2Cn2cncn2)cc1. The van der Waals surface area contributed by atoms with Gasteiger partial charge in [-0.1, -0.05) is 32.9 Å². The lowest BCUT2D eigenvalue weighted by Crippen LogP contribution is -2.48. The summed E-state index contributed by atoms with van der Waals surface area (Å²) in [5.41, 5.74) is 1.49. The van der Waals surface area contributed by atoms with Crippen molar-refractivity contribution in [2.75, 3.05) is 13.7 Å². The molecule has 26 heavy (non-hydrogen) atoms.